The first kappa shape index (κ1) is 17.3. The fourth-order valence-electron chi connectivity index (χ4n) is 3.27. The Bertz CT molecular complexity index is 774. The molecule has 25 heavy (non-hydrogen) atoms. The molecule has 3 rings (SSSR count). The first-order valence-electron chi connectivity index (χ1n) is 8.45. The smallest absolute Gasteiger partial charge is 0.306 e. The lowest BCUT2D eigenvalue weighted by Gasteiger charge is -2.27. The summed E-state index contributed by atoms with van der Waals surface area (Å²) in [5.74, 6) is -0.383. The lowest BCUT2D eigenvalue weighted by molar-refractivity contribution is -0.143. The number of pyridine rings is 1. The number of aromatic nitrogens is 4. The van der Waals surface area contributed by atoms with Gasteiger partial charge in [-0.05, 0) is 44.7 Å². The lowest BCUT2D eigenvalue weighted by Crippen LogP contribution is -2.29. The van der Waals surface area contributed by atoms with Crippen molar-refractivity contribution in [2.24, 2.45) is 18.7 Å². The number of hydrogen-bond acceptors (Lipinski definition) is 6. The van der Waals surface area contributed by atoms with Crippen LogP contribution in [0.2, 0.25) is 0 Å². The van der Waals surface area contributed by atoms with Crippen LogP contribution in [0.15, 0.2) is 12.1 Å². The summed E-state index contributed by atoms with van der Waals surface area (Å²) in [5.41, 5.74) is 8.69. The minimum absolute atomic E-state index is 0.0858. The van der Waals surface area contributed by atoms with Gasteiger partial charge >= 0.3 is 5.97 Å². The average molecular weight is 345 g/mol. The van der Waals surface area contributed by atoms with E-state index < -0.39 is 5.97 Å². The van der Waals surface area contributed by atoms with Gasteiger partial charge in [-0.1, -0.05) is 5.21 Å². The maximum Gasteiger partial charge on any atom is 0.306 e. The zero-order valence-electron chi connectivity index (χ0n) is 14.5. The SMILES string of the molecule is Cc1nc(-c2nnn(C)c2CN)ccc1OC1CCC[C@H](C(=O)O)C1. The fraction of sp³-hybridized carbons (Fsp3) is 0.529. The van der Waals surface area contributed by atoms with Crippen LogP contribution in [0.5, 0.6) is 5.75 Å². The highest BCUT2D eigenvalue weighted by Crippen LogP contribution is 2.30. The third-order valence-corrected chi connectivity index (χ3v) is 4.69. The van der Waals surface area contributed by atoms with Gasteiger partial charge in [0.1, 0.15) is 11.4 Å². The highest BCUT2D eigenvalue weighted by molar-refractivity contribution is 5.70. The predicted molar refractivity (Wildman–Crippen MR) is 90.9 cm³/mol. The van der Waals surface area contributed by atoms with Crippen LogP contribution in [0.3, 0.4) is 0 Å². The largest absolute Gasteiger partial charge is 0.489 e. The van der Waals surface area contributed by atoms with Gasteiger partial charge in [-0.2, -0.15) is 0 Å². The summed E-state index contributed by atoms with van der Waals surface area (Å²) in [4.78, 5) is 15.8. The van der Waals surface area contributed by atoms with E-state index in [1.54, 1.807) is 11.7 Å². The molecule has 0 radical (unpaired) electrons. The van der Waals surface area contributed by atoms with E-state index in [9.17, 15) is 9.90 Å². The molecule has 8 nitrogen and oxygen atoms in total. The Hall–Kier alpha value is -2.48. The Labute approximate surface area is 146 Å². The van der Waals surface area contributed by atoms with Gasteiger partial charge in [0.05, 0.1) is 29.1 Å². The van der Waals surface area contributed by atoms with E-state index in [1.807, 2.05) is 19.1 Å². The maximum atomic E-state index is 11.2. The number of nitrogens with two attached hydrogens (primary N) is 1. The van der Waals surface area contributed by atoms with Crippen molar-refractivity contribution in [3.63, 3.8) is 0 Å². The van der Waals surface area contributed by atoms with E-state index in [0.29, 0.717) is 30.1 Å². The molecule has 1 aliphatic carbocycles. The first-order valence-corrected chi connectivity index (χ1v) is 8.45. The van der Waals surface area contributed by atoms with Crippen molar-refractivity contribution >= 4 is 5.97 Å². The number of carboxylic acids is 1. The average Bonchev–Trinajstić information content (AvgIpc) is 2.97. The standard InChI is InChI=1S/C17H23N5O3/c1-10-15(25-12-5-3-4-11(8-12)17(23)24)7-6-13(19-10)16-14(9-18)22(2)21-20-16/h6-7,11-12H,3-5,8-9,18H2,1-2H3,(H,23,24)/t11-,12?/m0/s1. The number of aryl methyl sites for hydroxylation is 2. The molecule has 0 saturated heterocycles. The maximum absolute atomic E-state index is 11.2. The van der Waals surface area contributed by atoms with E-state index >= 15 is 0 Å². The Morgan fingerprint density at radius 1 is 1.44 bits per heavy atom. The van der Waals surface area contributed by atoms with Gasteiger partial charge in [-0.25, -0.2) is 4.98 Å². The van der Waals surface area contributed by atoms with Gasteiger partial charge < -0.3 is 15.6 Å². The molecule has 0 aromatic carbocycles. The Kier molecular flexibility index (Phi) is 4.98. The first-order chi connectivity index (χ1) is 12.0. The summed E-state index contributed by atoms with van der Waals surface area (Å²) in [5, 5.41) is 17.3. The van der Waals surface area contributed by atoms with E-state index in [4.69, 9.17) is 10.5 Å². The van der Waals surface area contributed by atoms with E-state index in [-0.39, 0.29) is 12.0 Å². The van der Waals surface area contributed by atoms with Crippen LogP contribution in [-0.4, -0.2) is 37.2 Å². The molecule has 2 heterocycles. The summed E-state index contributed by atoms with van der Waals surface area (Å²) < 4.78 is 7.67. The molecule has 0 spiro atoms. The van der Waals surface area contributed by atoms with Gasteiger partial charge in [-0.3, -0.25) is 9.48 Å². The van der Waals surface area contributed by atoms with Crippen LogP contribution in [-0.2, 0) is 18.4 Å². The molecule has 8 heteroatoms. The Morgan fingerprint density at radius 3 is 2.92 bits per heavy atom. The molecule has 2 aromatic heterocycles. The third kappa shape index (κ3) is 3.63. The summed E-state index contributed by atoms with van der Waals surface area (Å²) >= 11 is 0. The van der Waals surface area contributed by atoms with Crippen molar-refractivity contribution in [3.8, 4) is 17.1 Å². The van der Waals surface area contributed by atoms with Crippen LogP contribution in [0.25, 0.3) is 11.4 Å². The van der Waals surface area contributed by atoms with Crippen LogP contribution in [0.1, 0.15) is 37.1 Å². The number of rotatable bonds is 5. The molecular weight excluding hydrogens is 322 g/mol. The number of carbonyl (C=O) groups is 1. The number of nitrogens with zero attached hydrogens (tertiary/aromatic N) is 4. The molecule has 1 fully saturated rings. The highest BCUT2D eigenvalue weighted by Gasteiger charge is 2.28. The second-order valence-electron chi connectivity index (χ2n) is 6.43. The number of ether oxygens (including phenoxy) is 1. The van der Waals surface area contributed by atoms with Gasteiger partial charge in [0.25, 0.3) is 0 Å². The molecule has 0 aliphatic heterocycles. The zero-order valence-corrected chi connectivity index (χ0v) is 14.5. The third-order valence-electron chi connectivity index (χ3n) is 4.69. The molecule has 3 N–H and O–H groups in total. The van der Waals surface area contributed by atoms with Crippen LogP contribution >= 0.6 is 0 Å². The molecule has 1 unspecified atom stereocenters. The Balaban J connectivity index is 1.77. The molecule has 0 amide bonds. The fourth-order valence-corrected chi connectivity index (χ4v) is 3.27. The molecular formula is C17H23N5O3. The summed E-state index contributed by atoms with van der Waals surface area (Å²) in [6, 6.07) is 3.69. The highest BCUT2D eigenvalue weighted by atomic mass is 16.5. The van der Waals surface area contributed by atoms with Crippen molar-refractivity contribution in [2.45, 2.75) is 45.3 Å². The zero-order chi connectivity index (χ0) is 18.0. The van der Waals surface area contributed by atoms with Crippen molar-refractivity contribution in [3.05, 3.63) is 23.5 Å². The lowest BCUT2D eigenvalue weighted by atomic mass is 9.87. The minimum atomic E-state index is -0.740. The van der Waals surface area contributed by atoms with Crippen LogP contribution in [0.4, 0.5) is 0 Å². The molecule has 2 atom stereocenters. The monoisotopic (exact) mass is 345 g/mol. The minimum Gasteiger partial charge on any atom is -0.489 e. The molecule has 0 bridgehead atoms. The van der Waals surface area contributed by atoms with Crippen molar-refractivity contribution in [1.82, 2.24) is 20.0 Å². The normalized spacial score (nSPS) is 20.4. The van der Waals surface area contributed by atoms with Crippen LogP contribution in [0, 0.1) is 12.8 Å². The number of aliphatic carboxylic acids is 1. The van der Waals surface area contributed by atoms with Crippen molar-refractivity contribution in [1.29, 1.82) is 0 Å². The van der Waals surface area contributed by atoms with Crippen LogP contribution < -0.4 is 10.5 Å². The summed E-state index contributed by atoms with van der Waals surface area (Å²) in [6.07, 6.45) is 2.91. The van der Waals surface area contributed by atoms with E-state index in [0.717, 1.165) is 30.7 Å². The van der Waals surface area contributed by atoms with Gasteiger partial charge in [0.2, 0.25) is 0 Å². The van der Waals surface area contributed by atoms with Crippen molar-refractivity contribution < 1.29 is 14.6 Å². The van der Waals surface area contributed by atoms with E-state index in [1.165, 1.54) is 0 Å². The molecule has 1 saturated carbocycles. The van der Waals surface area contributed by atoms with Gasteiger partial charge in [0, 0.05) is 13.6 Å². The molecule has 134 valence electrons. The Morgan fingerprint density at radius 2 is 2.24 bits per heavy atom. The topological polar surface area (TPSA) is 116 Å². The number of hydrogen-bond donors (Lipinski definition) is 2. The molecule has 1 aliphatic rings. The van der Waals surface area contributed by atoms with Gasteiger partial charge in [-0.15, -0.1) is 5.10 Å². The number of carboxylic acid groups (broad SMARTS) is 1. The second-order valence-corrected chi connectivity index (χ2v) is 6.43. The predicted octanol–water partition coefficient (Wildman–Crippen LogP) is 1.67. The summed E-state index contributed by atoms with van der Waals surface area (Å²) in [6.45, 7) is 2.20. The molecule has 2 aromatic rings. The van der Waals surface area contributed by atoms with Crippen molar-refractivity contribution in [2.75, 3.05) is 0 Å². The quantitative estimate of drug-likeness (QED) is 0.846. The summed E-state index contributed by atoms with van der Waals surface area (Å²) in [7, 11) is 1.80. The van der Waals surface area contributed by atoms with E-state index in [2.05, 4.69) is 15.3 Å². The second kappa shape index (κ2) is 7.18. The van der Waals surface area contributed by atoms with Gasteiger partial charge in [0.15, 0.2) is 0 Å².